The first-order chi connectivity index (χ1) is 12.9. The molecular weight excluding hydrogens is 343 g/mol. The molecule has 4 nitrogen and oxygen atoms in total. The molecule has 1 N–H and O–H groups in total. The zero-order valence-electron chi connectivity index (χ0n) is 16.0. The second-order valence-electron chi connectivity index (χ2n) is 6.64. The van der Waals surface area contributed by atoms with Crippen LogP contribution in [0, 0.1) is 19.7 Å². The molecule has 0 spiro atoms. The van der Waals surface area contributed by atoms with Crippen LogP contribution < -0.4 is 10.1 Å². The number of nitrogens with one attached hydrogen (secondary N) is 1. The third-order valence-corrected chi connectivity index (χ3v) is 4.42. The highest BCUT2D eigenvalue weighted by molar-refractivity contribution is 6.06. The quantitative estimate of drug-likeness (QED) is 0.700. The topological polar surface area (TPSA) is 51.2 Å². The van der Waals surface area contributed by atoms with Crippen molar-refractivity contribution in [3.63, 3.8) is 0 Å². The van der Waals surface area contributed by atoms with E-state index < -0.39 is 5.82 Å². The average Bonchev–Trinajstić information content (AvgIpc) is 2.63. The number of ether oxygens (including phenoxy) is 1. The van der Waals surface area contributed by atoms with Crippen molar-refractivity contribution in [3.8, 4) is 5.75 Å². The highest BCUT2D eigenvalue weighted by Gasteiger charge is 2.18. The number of rotatable bonds is 5. The van der Waals surface area contributed by atoms with Crippen molar-refractivity contribution in [1.82, 2.24) is 10.3 Å². The lowest BCUT2D eigenvalue weighted by Gasteiger charge is -2.19. The van der Waals surface area contributed by atoms with E-state index in [2.05, 4.69) is 10.3 Å². The molecule has 0 bridgehead atoms. The van der Waals surface area contributed by atoms with Gasteiger partial charge in [-0.1, -0.05) is 17.7 Å². The summed E-state index contributed by atoms with van der Waals surface area (Å²) in [6.07, 6.45) is 0. The minimum Gasteiger partial charge on any atom is -0.494 e. The number of aromatic nitrogens is 1. The Morgan fingerprint density at radius 1 is 1.19 bits per heavy atom. The molecule has 27 heavy (non-hydrogen) atoms. The van der Waals surface area contributed by atoms with E-state index in [1.807, 2.05) is 45.9 Å². The Kier molecular flexibility index (Phi) is 5.40. The fourth-order valence-corrected chi connectivity index (χ4v) is 3.16. The number of carbonyl (C=O) groups is 1. The van der Waals surface area contributed by atoms with Gasteiger partial charge in [-0.3, -0.25) is 9.78 Å². The molecule has 3 aromatic rings. The van der Waals surface area contributed by atoms with E-state index in [1.54, 1.807) is 12.1 Å². The number of carbonyl (C=O) groups excluding carboxylic acids is 1. The fourth-order valence-electron chi connectivity index (χ4n) is 3.16. The third kappa shape index (κ3) is 4.08. The Hall–Kier alpha value is -2.95. The summed E-state index contributed by atoms with van der Waals surface area (Å²) in [4.78, 5) is 17.3. The summed E-state index contributed by atoms with van der Waals surface area (Å²) in [6.45, 7) is 8.19. The van der Waals surface area contributed by atoms with Crippen LogP contribution in [0.5, 0.6) is 5.75 Å². The maximum Gasteiger partial charge on any atom is 0.252 e. The lowest BCUT2D eigenvalue weighted by Crippen LogP contribution is -2.27. The number of pyridine rings is 1. The van der Waals surface area contributed by atoms with Crippen LogP contribution in [0.4, 0.5) is 4.39 Å². The second-order valence-corrected chi connectivity index (χ2v) is 6.64. The number of aryl methyl sites for hydroxylation is 2. The maximum absolute atomic E-state index is 13.7. The molecule has 1 heterocycles. The molecular formula is C22H23FN2O2. The van der Waals surface area contributed by atoms with Gasteiger partial charge in [0.15, 0.2) is 0 Å². The minimum atomic E-state index is -0.396. The maximum atomic E-state index is 13.7. The van der Waals surface area contributed by atoms with E-state index >= 15 is 0 Å². The van der Waals surface area contributed by atoms with Gasteiger partial charge in [0, 0.05) is 16.6 Å². The van der Waals surface area contributed by atoms with E-state index in [0.717, 1.165) is 16.9 Å². The molecule has 0 aliphatic carbocycles. The van der Waals surface area contributed by atoms with E-state index in [4.69, 9.17) is 4.74 Å². The molecule has 1 atom stereocenters. The predicted octanol–water partition coefficient (Wildman–Crippen LogP) is 4.88. The van der Waals surface area contributed by atoms with Gasteiger partial charge in [-0.25, -0.2) is 4.39 Å². The molecule has 140 valence electrons. The molecule has 3 rings (SSSR count). The Morgan fingerprint density at radius 3 is 2.70 bits per heavy atom. The zero-order valence-corrected chi connectivity index (χ0v) is 16.0. The molecule has 0 aliphatic heterocycles. The van der Waals surface area contributed by atoms with Crippen molar-refractivity contribution >= 4 is 16.8 Å². The third-order valence-electron chi connectivity index (χ3n) is 4.42. The highest BCUT2D eigenvalue weighted by atomic mass is 19.1. The standard InChI is InChI=1S/C22H23FN2O2/c1-5-27-21-9-6-13(2)10-17(21)15(4)25-22(26)19-11-14(3)24-20-8-7-16(23)12-18(19)20/h6-12,15H,5H2,1-4H3,(H,25,26). The van der Waals surface area contributed by atoms with Gasteiger partial charge in [-0.15, -0.1) is 0 Å². The minimum absolute atomic E-state index is 0.268. The van der Waals surface area contributed by atoms with Crippen LogP contribution in [0.3, 0.4) is 0 Å². The van der Waals surface area contributed by atoms with Crippen molar-refractivity contribution in [2.24, 2.45) is 0 Å². The lowest BCUT2D eigenvalue weighted by molar-refractivity contribution is 0.0941. The summed E-state index contributed by atoms with van der Waals surface area (Å²) in [5.74, 6) is 0.0813. The smallest absolute Gasteiger partial charge is 0.252 e. The van der Waals surface area contributed by atoms with Crippen molar-refractivity contribution < 1.29 is 13.9 Å². The van der Waals surface area contributed by atoms with Crippen molar-refractivity contribution in [2.45, 2.75) is 33.7 Å². The van der Waals surface area contributed by atoms with Crippen LogP contribution in [0.25, 0.3) is 10.9 Å². The Labute approximate surface area is 158 Å². The predicted molar refractivity (Wildman–Crippen MR) is 105 cm³/mol. The summed E-state index contributed by atoms with van der Waals surface area (Å²) in [5.41, 5.74) is 3.71. The van der Waals surface area contributed by atoms with Crippen molar-refractivity contribution in [3.05, 3.63) is 70.7 Å². The van der Waals surface area contributed by atoms with E-state index in [0.29, 0.717) is 28.8 Å². The van der Waals surface area contributed by atoms with Crippen LogP contribution in [-0.2, 0) is 0 Å². The summed E-state index contributed by atoms with van der Waals surface area (Å²) in [5, 5.41) is 3.51. The fraction of sp³-hybridized carbons (Fsp3) is 0.273. The monoisotopic (exact) mass is 366 g/mol. The normalized spacial score (nSPS) is 12.0. The zero-order chi connectivity index (χ0) is 19.6. The Morgan fingerprint density at radius 2 is 1.96 bits per heavy atom. The summed E-state index contributed by atoms with van der Waals surface area (Å²) in [6, 6.07) is 11.6. The van der Waals surface area contributed by atoms with Gasteiger partial charge in [-0.2, -0.15) is 0 Å². The van der Waals surface area contributed by atoms with Gasteiger partial charge in [-0.05, 0) is 58.0 Å². The first-order valence-corrected chi connectivity index (χ1v) is 9.00. The number of benzene rings is 2. The number of fused-ring (bicyclic) bond motifs is 1. The van der Waals surface area contributed by atoms with Crippen LogP contribution in [0.15, 0.2) is 42.5 Å². The Bertz CT molecular complexity index is 1000. The van der Waals surface area contributed by atoms with E-state index in [9.17, 15) is 9.18 Å². The number of nitrogens with zero attached hydrogens (tertiary/aromatic N) is 1. The molecule has 1 unspecified atom stereocenters. The summed E-state index contributed by atoms with van der Waals surface area (Å²) in [7, 11) is 0. The first kappa shape index (κ1) is 18.8. The largest absolute Gasteiger partial charge is 0.494 e. The van der Waals surface area contributed by atoms with E-state index in [1.165, 1.54) is 12.1 Å². The van der Waals surface area contributed by atoms with Gasteiger partial charge >= 0.3 is 0 Å². The molecule has 5 heteroatoms. The molecule has 0 fully saturated rings. The summed E-state index contributed by atoms with van der Waals surface area (Å²) >= 11 is 0. The van der Waals surface area contributed by atoms with Gasteiger partial charge in [0.25, 0.3) is 5.91 Å². The van der Waals surface area contributed by atoms with Gasteiger partial charge in [0.1, 0.15) is 11.6 Å². The van der Waals surface area contributed by atoms with Crippen LogP contribution >= 0.6 is 0 Å². The SMILES string of the molecule is CCOc1ccc(C)cc1C(C)NC(=O)c1cc(C)nc2ccc(F)cc12. The highest BCUT2D eigenvalue weighted by Crippen LogP contribution is 2.27. The molecule has 2 aromatic carbocycles. The number of hydrogen-bond acceptors (Lipinski definition) is 3. The van der Waals surface area contributed by atoms with Gasteiger partial charge in [0.2, 0.25) is 0 Å². The molecule has 0 saturated heterocycles. The molecule has 0 aliphatic rings. The van der Waals surface area contributed by atoms with Crippen LogP contribution in [-0.4, -0.2) is 17.5 Å². The van der Waals surface area contributed by atoms with Crippen molar-refractivity contribution in [2.75, 3.05) is 6.61 Å². The van der Waals surface area contributed by atoms with Gasteiger partial charge < -0.3 is 10.1 Å². The molecule has 0 radical (unpaired) electrons. The van der Waals surface area contributed by atoms with Gasteiger partial charge in [0.05, 0.1) is 23.7 Å². The van der Waals surface area contributed by atoms with Crippen LogP contribution in [0.2, 0.25) is 0 Å². The second kappa shape index (κ2) is 7.74. The number of amides is 1. The average molecular weight is 366 g/mol. The first-order valence-electron chi connectivity index (χ1n) is 9.00. The van der Waals surface area contributed by atoms with Crippen molar-refractivity contribution in [1.29, 1.82) is 0 Å². The lowest BCUT2D eigenvalue weighted by atomic mass is 10.0. The number of hydrogen-bond donors (Lipinski definition) is 1. The molecule has 1 amide bonds. The Balaban J connectivity index is 1.95. The summed E-state index contributed by atoms with van der Waals surface area (Å²) < 4.78 is 19.4. The molecule has 0 saturated carbocycles. The molecule has 1 aromatic heterocycles. The van der Waals surface area contributed by atoms with Crippen LogP contribution in [0.1, 0.15) is 47.1 Å². The number of halogens is 1. The van der Waals surface area contributed by atoms with E-state index in [-0.39, 0.29) is 11.9 Å².